The molecule has 2 rings (SSSR count). The second-order valence-electron chi connectivity index (χ2n) is 7.35. The Balaban J connectivity index is 1.70. The summed E-state index contributed by atoms with van der Waals surface area (Å²) in [7, 11) is 0. The summed E-state index contributed by atoms with van der Waals surface area (Å²) in [5.74, 6) is 0.768. The minimum atomic E-state index is -0.845. The zero-order valence-electron chi connectivity index (χ0n) is 17.0. The van der Waals surface area contributed by atoms with Crippen molar-refractivity contribution >= 4 is 17.3 Å². The molecule has 1 aromatic rings. The first-order valence-electron chi connectivity index (χ1n) is 9.94. The average molecular weight is 398 g/mol. The van der Waals surface area contributed by atoms with E-state index in [9.17, 15) is 5.11 Å². The summed E-state index contributed by atoms with van der Waals surface area (Å²) >= 11 is 1.74. The van der Waals surface area contributed by atoms with E-state index in [1.165, 1.54) is 5.01 Å². The van der Waals surface area contributed by atoms with Crippen LogP contribution in [0.5, 0.6) is 0 Å². The van der Waals surface area contributed by atoms with Crippen LogP contribution in [0.15, 0.2) is 10.4 Å². The summed E-state index contributed by atoms with van der Waals surface area (Å²) in [5.41, 5.74) is 0.265. The number of hydrogen-bond acceptors (Lipinski definition) is 6. The fourth-order valence-corrected chi connectivity index (χ4v) is 3.83. The normalized spacial score (nSPS) is 18.3. The number of aromatic nitrogens is 1. The number of thiazole rings is 1. The van der Waals surface area contributed by atoms with Crippen LogP contribution < -0.4 is 10.6 Å². The molecule has 0 spiro atoms. The highest BCUT2D eigenvalue weighted by Crippen LogP contribution is 2.11. The van der Waals surface area contributed by atoms with E-state index in [1.807, 2.05) is 20.8 Å². The van der Waals surface area contributed by atoms with E-state index in [0.29, 0.717) is 13.1 Å². The van der Waals surface area contributed by atoms with Crippen molar-refractivity contribution in [1.29, 1.82) is 0 Å². The fourth-order valence-electron chi connectivity index (χ4n) is 3.01. The molecule has 1 fully saturated rings. The largest absolute Gasteiger partial charge is 0.387 e. The van der Waals surface area contributed by atoms with Gasteiger partial charge in [-0.25, -0.2) is 4.98 Å². The lowest BCUT2D eigenvalue weighted by molar-refractivity contribution is -0.0179. The Hall–Kier alpha value is -1.22. The fraction of sp³-hybridized carbons (Fsp3) is 0.789. The molecular weight excluding hydrogens is 362 g/mol. The van der Waals surface area contributed by atoms with Crippen LogP contribution in [0.3, 0.4) is 0 Å². The van der Waals surface area contributed by atoms with Gasteiger partial charge in [0.15, 0.2) is 5.96 Å². The van der Waals surface area contributed by atoms with Gasteiger partial charge < -0.3 is 20.5 Å². The van der Waals surface area contributed by atoms with Crippen LogP contribution >= 0.6 is 11.3 Å². The average Bonchev–Trinajstić information content (AvgIpc) is 3.05. The molecule has 1 unspecified atom stereocenters. The van der Waals surface area contributed by atoms with Crippen LogP contribution in [-0.4, -0.2) is 79.0 Å². The Kier molecular flexibility index (Phi) is 9.47. The molecular formula is C19H35N5O2S. The minimum Gasteiger partial charge on any atom is -0.387 e. The third-order valence-electron chi connectivity index (χ3n) is 4.37. The molecule has 3 N–H and O–H groups in total. The highest BCUT2D eigenvalue weighted by Gasteiger charge is 2.25. The SMILES string of the molecule is CCNC(=NCC(C)(O)CN1CCOCC1)NCCCCc1nc(C)cs1. The maximum Gasteiger partial charge on any atom is 0.191 e. The van der Waals surface area contributed by atoms with E-state index in [-0.39, 0.29) is 0 Å². The van der Waals surface area contributed by atoms with Gasteiger partial charge in [0.1, 0.15) is 0 Å². The van der Waals surface area contributed by atoms with Crippen molar-refractivity contribution in [1.82, 2.24) is 20.5 Å². The van der Waals surface area contributed by atoms with E-state index >= 15 is 0 Å². The lowest BCUT2D eigenvalue weighted by Crippen LogP contribution is -2.48. The van der Waals surface area contributed by atoms with Crippen molar-refractivity contribution in [2.45, 2.75) is 45.6 Å². The number of nitrogens with zero attached hydrogens (tertiary/aromatic N) is 3. The topological polar surface area (TPSA) is 82.0 Å². The highest BCUT2D eigenvalue weighted by molar-refractivity contribution is 7.09. The molecule has 1 saturated heterocycles. The van der Waals surface area contributed by atoms with Crippen molar-refractivity contribution in [3.05, 3.63) is 16.1 Å². The van der Waals surface area contributed by atoms with Crippen molar-refractivity contribution in [2.75, 3.05) is 52.5 Å². The number of rotatable bonds is 10. The summed E-state index contributed by atoms with van der Waals surface area (Å²) < 4.78 is 5.36. The van der Waals surface area contributed by atoms with Gasteiger partial charge in [0.05, 0.1) is 30.4 Å². The van der Waals surface area contributed by atoms with E-state index in [4.69, 9.17) is 4.74 Å². The van der Waals surface area contributed by atoms with Crippen LogP contribution in [-0.2, 0) is 11.2 Å². The van der Waals surface area contributed by atoms with Gasteiger partial charge in [-0.2, -0.15) is 0 Å². The summed E-state index contributed by atoms with van der Waals surface area (Å²) in [5, 5.41) is 20.6. The van der Waals surface area contributed by atoms with Gasteiger partial charge in [-0.05, 0) is 40.0 Å². The molecule has 0 amide bonds. The van der Waals surface area contributed by atoms with E-state index < -0.39 is 5.60 Å². The zero-order valence-corrected chi connectivity index (χ0v) is 17.8. The molecule has 1 aliphatic rings. The van der Waals surface area contributed by atoms with Crippen LogP contribution in [0.1, 0.15) is 37.4 Å². The number of aryl methyl sites for hydroxylation is 2. The van der Waals surface area contributed by atoms with Crippen molar-refractivity contribution in [3.8, 4) is 0 Å². The first kappa shape index (κ1) is 22.1. The lowest BCUT2D eigenvalue weighted by Gasteiger charge is -2.33. The summed E-state index contributed by atoms with van der Waals surface area (Å²) in [6.07, 6.45) is 3.20. The van der Waals surface area contributed by atoms with Crippen LogP contribution in [0.4, 0.5) is 0 Å². The predicted octanol–water partition coefficient (Wildman–Crippen LogP) is 1.41. The number of unbranched alkanes of at least 4 members (excludes halogenated alkanes) is 1. The molecule has 154 valence electrons. The molecule has 27 heavy (non-hydrogen) atoms. The molecule has 8 heteroatoms. The van der Waals surface area contributed by atoms with Crippen molar-refractivity contribution in [3.63, 3.8) is 0 Å². The van der Waals surface area contributed by atoms with Gasteiger partial charge in [-0.15, -0.1) is 11.3 Å². The van der Waals surface area contributed by atoms with Crippen LogP contribution in [0.2, 0.25) is 0 Å². The summed E-state index contributed by atoms with van der Waals surface area (Å²) in [6, 6.07) is 0. The zero-order chi connectivity index (χ0) is 19.5. The number of ether oxygens (including phenoxy) is 1. The number of aliphatic hydroxyl groups is 1. The van der Waals surface area contributed by atoms with Gasteiger partial charge in [0.25, 0.3) is 0 Å². The predicted molar refractivity (Wildman–Crippen MR) is 112 cm³/mol. The van der Waals surface area contributed by atoms with Gasteiger partial charge in [0, 0.05) is 43.8 Å². The maximum atomic E-state index is 10.7. The molecule has 2 heterocycles. The molecule has 0 aromatic carbocycles. The second-order valence-corrected chi connectivity index (χ2v) is 8.29. The summed E-state index contributed by atoms with van der Waals surface area (Å²) in [6.45, 7) is 11.8. The number of nitrogens with one attached hydrogen (secondary N) is 2. The Morgan fingerprint density at radius 2 is 2.15 bits per heavy atom. The van der Waals surface area contributed by atoms with Crippen LogP contribution in [0, 0.1) is 6.92 Å². The van der Waals surface area contributed by atoms with E-state index in [1.54, 1.807) is 11.3 Å². The van der Waals surface area contributed by atoms with Gasteiger partial charge in [-0.3, -0.25) is 9.89 Å². The van der Waals surface area contributed by atoms with E-state index in [0.717, 1.165) is 70.3 Å². The van der Waals surface area contributed by atoms with Gasteiger partial charge in [0.2, 0.25) is 0 Å². The molecule has 1 aliphatic heterocycles. The lowest BCUT2D eigenvalue weighted by atomic mass is 10.1. The van der Waals surface area contributed by atoms with Crippen molar-refractivity contribution < 1.29 is 9.84 Å². The standard InChI is InChI=1S/C19H35N5O2S/c1-4-20-18(21-8-6-5-7-17-23-16(2)13-27-17)22-14-19(3,25)15-24-9-11-26-12-10-24/h13,25H,4-12,14-15H2,1-3H3,(H2,20,21,22). The maximum absolute atomic E-state index is 10.7. The number of morpholine rings is 1. The highest BCUT2D eigenvalue weighted by atomic mass is 32.1. The molecule has 0 radical (unpaired) electrons. The van der Waals surface area contributed by atoms with Gasteiger partial charge in [-0.1, -0.05) is 0 Å². The molecule has 0 bridgehead atoms. The quantitative estimate of drug-likeness (QED) is 0.315. The minimum absolute atomic E-state index is 0.373. The van der Waals surface area contributed by atoms with E-state index in [2.05, 4.69) is 30.9 Å². The second kappa shape index (κ2) is 11.6. The third-order valence-corrected chi connectivity index (χ3v) is 5.39. The first-order chi connectivity index (χ1) is 13.0. The number of hydrogen-bond donors (Lipinski definition) is 3. The molecule has 7 nitrogen and oxygen atoms in total. The Morgan fingerprint density at radius 1 is 1.37 bits per heavy atom. The molecule has 0 aliphatic carbocycles. The summed E-state index contributed by atoms with van der Waals surface area (Å²) in [4.78, 5) is 11.3. The van der Waals surface area contributed by atoms with Gasteiger partial charge >= 0.3 is 0 Å². The Labute approximate surface area is 167 Å². The number of aliphatic imine (C=N–C) groups is 1. The number of β-amino-alcohol motifs (C(OH)–C–C–N with tert-alkyl or cyclic N) is 1. The molecule has 0 saturated carbocycles. The molecule has 1 aromatic heterocycles. The van der Waals surface area contributed by atoms with Crippen LogP contribution in [0.25, 0.3) is 0 Å². The molecule has 1 atom stereocenters. The Bertz CT molecular complexity index is 570. The Morgan fingerprint density at radius 3 is 2.81 bits per heavy atom. The third kappa shape index (κ3) is 9.01. The monoisotopic (exact) mass is 397 g/mol. The van der Waals surface area contributed by atoms with Crippen molar-refractivity contribution in [2.24, 2.45) is 4.99 Å². The number of guanidine groups is 1. The first-order valence-corrected chi connectivity index (χ1v) is 10.8. The smallest absolute Gasteiger partial charge is 0.191 e.